The first-order chi connectivity index (χ1) is 6.15. The van der Waals surface area contributed by atoms with Crippen LogP contribution in [0.4, 0.5) is 0 Å². The fraction of sp³-hybridized carbons (Fsp3) is 0.300. The fourth-order valence-electron chi connectivity index (χ4n) is 1.10. The molecular weight excluding hydrogens is 164 g/mol. The van der Waals surface area contributed by atoms with Crippen LogP contribution in [0, 0.1) is 0 Å². The minimum absolute atomic E-state index is 0.254. The summed E-state index contributed by atoms with van der Waals surface area (Å²) in [4.78, 5) is 11.1. The molecule has 0 heterocycles. The SMILES string of the molecule is CC(C)c1ccc(C(=O)NN)cc1. The summed E-state index contributed by atoms with van der Waals surface area (Å²) in [5.74, 6) is 5.23. The van der Waals surface area contributed by atoms with Crippen LogP contribution in [0.2, 0.25) is 0 Å². The zero-order chi connectivity index (χ0) is 9.84. The van der Waals surface area contributed by atoms with E-state index >= 15 is 0 Å². The highest BCUT2D eigenvalue weighted by molar-refractivity contribution is 5.93. The van der Waals surface area contributed by atoms with Crippen molar-refractivity contribution in [3.8, 4) is 0 Å². The molecule has 0 bridgehead atoms. The van der Waals surface area contributed by atoms with E-state index in [1.807, 2.05) is 12.1 Å². The molecule has 1 amide bonds. The standard InChI is InChI=1S/C10H14N2O/c1-7(2)8-3-5-9(6-4-8)10(13)12-11/h3-7H,11H2,1-2H3,(H,12,13). The maximum absolute atomic E-state index is 11.1. The largest absolute Gasteiger partial charge is 0.290 e. The van der Waals surface area contributed by atoms with Gasteiger partial charge in [-0.3, -0.25) is 10.2 Å². The zero-order valence-electron chi connectivity index (χ0n) is 7.87. The van der Waals surface area contributed by atoms with Crippen LogP contribution in [0.5, 0.6) is 0 Å². The topological polar surface area (TPSA) is 55.1 Å². The third-order valence-electron chi connectivity index (χ3n) is 1.97. The van der Waals surface area contributed by atoms with Crippen LogP contribution < -0.4 is 11.3 Å². The number of nitrogen functional groups attached to an aromatic ring is 1. The van der Waals surface area contributed by atoms with Crippen molar-refractivity contribution in [2.24, 2.45) is 5.84 Å². The lowest BCUT2D eigenvalue weighted by molar-refractivity contribution is 0.0953. The third kappa shape index (κ3) is 2.29. The lowest BCUT2D eigenvalue weighted by atomic mass is 10.0. The van der Waals surface area contributed by atoms with Gasteiger partial charge in [-0.1, -0.05) is 26.0 Å². The Morgan fingerprint density at radius 1 is 1.31 bits per heavy atom. The molecule has 3 N–H and O–H groups in total. The number of hydrazine groups is 1. The van der Waals surface area contributed by atoms with Gasteiger partial charge in [0.25, 0.3) is 5.91 Å². The summed E-state index contributed by atoms with van der Waals surface area (Å²) in [5, 5.41) is 0. The highest BCUT2D eigenvalue weighted by Gasteiger charge is 2.03. The molecule has 1 rings (SSSR count). The Bertz CT molecular complexity index is 290. The van der Waals surface area contributed by atoms with Crippen LogP contribution in [0.25, 0.3) is 0 Å². The second kappa shape index (κ2) is 4.05. The van der Waals surface area contributed by atoms with Gasteiger partial charge in [0.1, 0.15) is 0 Å². The summed E-state index contributed by atoms with van der Waals surface area (Å²) >= 11 is 0. The molecule has 3 nitrogen and oxygen atoms in total. The van der Waals surface area contributed by atoms with Crippen LogP contribution in [0.3, 0.4) is 0 Å². The molecule has 0 saturated heterocycles. The van der Waals surface area contributed by atoms with Gasteiger partial charge in [-0.25, -0.2) is 5.84 Å². The average molecular weight is 178 g/mol. The molecule has 70 valence electrons. The van der Waals surface area contributed by atoms with Crippen LogP contribution in [0.15, 0.2) is 24.3 Å². The van der Waals surface area contributed by atoms with E-state index in [9.17, 15) is 4.79 Å². The van der Waals surface area contributed by atoms with Crippen molar-refractivity contribution < 1.29 is 4.79 Å². The number of benzene rings is 1. The lowest BCUT2D eigenvalue weighted by Gasteiger charge is -2.05. The van der Waals surface area contributed by atoms with Gasteiger partial charge in [0, 0.05) is 5.56 Å². The predicted molar refractivity (Wildman–Crippen MR) is 52.2 cm³/mol. The van der Waals surface area contributed by atoms with Crippen molar-refractivity contribution in [2.45, 2.75) is 19.8 Å². The van der Waals surface area contributed by atoms with Gasteiger partial charge < -0.3 is 0 Å². The molecule has 0 spiro atoms. The van der Waals surface area contributed by atoms with Gasteiger partial charge >= 0.3 is 0 Å². The molecule has 0 fully saturated rings. The minimum Gasteiger partial charge on any atom is -0.290 e. The highest BCUT2D eigenvalue weighted by Crippen LogP contribution is 2.14. The van der Waals surface area contributed by atoms with E-state index in [-0.39, 0.29) is 5.91 Å². The van der Waals surface area contributed by atoms with Crippen LogP contribution >= 0.6 is 0 Å². The summed E-state index contributed by atoms with van der Waals surface area (Å²) < 4.78 is 0. The predicted octanol–water partition coefficient (Wildman–Crippen LogP) is 1.41. The number of carbonyl (C=O) groups excluding carboxylic acids is 1. The molecule has 0 saturated carbocycles. The van der Waals surface area contributed by atoms with Crippen LogP contribution in [-0.2, 0) is 0 Å². The zero-order valence-corrected chi connectivity index (χ0v) is 7.87. The molecule has 0 atom stereocenters. The van der Waals surface area contributed by atoms with E-state index in [0.29, 0.717) is 11.5 Å². The first kappa shape index (κ1) is 9.74. The number of nitrogens with two attached hydrogens (primary N) is 1. The Balaban J connectivity index is 2.87. The molecule has 0 aliphatic carbocycles. The van der Waals surface area contributed by atoms with Crippen molar-refractivity contribution in [2.75, 3.05) is 0 Å². The number of carbonyl (C=O) groups is 1. The monoisotopic (exact) mass is 178 g/mol. The molecule has 3 heteroatoms. The number of hydrogen-bond acceptors (Lipinski definition) is 2. The van der Waals surface area contributed by atoms with Gasteiger partial charge in [-0.15, -0.1) is 0 Å². The average Bonchev–Trinajstić information content (AvgIpc) is 2.17. The highest BCUT2D eigenvalue weighted by atomic mass is 16.2. The van der Waals surface area contributed by atoms with Gasteiger partial charge in [0.15, 0.2) is 0 Å². The van der Waals surface area contributed by atoms with Gasteiger partial charge in [0.05, 0.1) is 0 Å². The number of amides is 1. The van der Waals surface area contributed by atoms with Crippen LogP contribution in [-0.4, -0.2) is 5.91 Å². The summed E-state index contributed by atoms with van der Waals surface area (Å²) in [5.41, 5.74) is 3.90. The van der Waals surface area contributed by atoms with E-state index in [4.69, 9.17) is 5.84 Å². The van der Waals surface area contributed by atoms with E-state index < -0.39 is 0 Å². The summed E-state index contributed by atoms with van der Waals surface area (Å²) in [6, 6.07) is 7.43. The molecule has 0 unspecified atom stereocenters. The fourth-order valence-corrected chi connectivity index (χ4v) is 1.10. The molecule has 1 aromatic carbocycles. The Morgan fingerprint density at radius 2 is 1.85 bits per heavy atom. The lowest BCUT2D eigenvalue weighted by Crippen LogP contribution is -2.29. The Kier molecular flexibility index (Phi) is 3.03. The normalized spacial score (nSPS) is 10.2. The second-order valence-corrected chi connectivity index (χ2v) is 3.25. The summed E-state index contributed by atoms with van der Waals surface area (Å²) in [6.45, 7) is 4.22. The van der Waals surface area contributed by atoms with Crippen molar-refractivity contribution in [3.05, 3.63) is 35.4 Å². The Labute approximate surface area is 77.9 Å². The maximum atomic E-state index is 11.1. The first-order valence-corrected chi connectivity index (χ1v) is 4.26. The number of nitrogens with one attached hydrogen (secondary N) is 1. The summed E-state index contributed by atoms with van der Waals surface area (Å²) in [7, 11) is 0. The smallest absolute Gasteiger partial charge is 0.265 e. The van der Waals surface area contributed by atoms with E-state index in [1.165, 1.54) is 5.56 Å². The first-order valence-electron chi connectivity index (χ1n) is 4.26. The molecule has 0 aliphatic rings. The van der Waals surface area contributed by atoms with E-state index in [2.05, 4.69) is 19.3 Å². The van der Waals surface area contributed by atoms with Crippen molar-refractivity contribution in [1.82, 2.24) is 5.43 Å². The molecule has 0 aromatic heterocycles. The van der Waals surface area contributed by atoms with Crippen molar-refractivity contribution >= 4 is 5.91 Å². The van der Waals surface area contributed by atoms with E-state index in [1.54, 1.807) is 12.1 Å². The molecule has 0 radical (unpaired) electrons. The van der Waals surface area contributed by atoms with Gasteiger partial charge in [-0.2, -0.15) is 0 Å². The number of hydrogen-bond donors (Lipinski definition) is 2. The molecule has 0 aliphatic heterocycles. The van der Waals surface area contributed by atoms with Crippen molar-refractivity contribution in [3.63, 3.8) is 0 Å². The second-order valence-electron chi connectivity index (χ2n) is 3.25. The quantitative estimate of drug-likeness (QED) is 0.409. The number of rotatable bonds is 2. The molecule has 1 aromatic rings. The minimum atomic E-state index is -0.254. The van der Waals surface area contributed by atoms with Gasteiger partial charge in [0.2, 0.25) is 0 Å². The van der Waals surface area contributed by atoms with E-state index in [0.717, 1.165) is 0 Å². The van der Waals surface area contributed by atoms with Gasteiger partial charge in [-0.05, 0) is 23.6 Å². The van der Waals surface area contributed by atoms with Crippen LogP contribution in [0.1, 0.15) is 35.7 Å². The molecule has 13 heavy (non-hydrogen) atoms. The Hall–Kier alpha value is -1.35. The maximum Gasteiger partial charge on any atom is 0.265 e. The summed E-state index contributed by atoms with van der Waals surface area (Å²) in [6.07, 6.45) is 0. The third-order valence-corrected chi connectivity index (χ3v) is 1.97. The Morgan fingerprint density at radius 3 is 2.23 bits per heavy atom. The van der Waals surface area contributed by atoms with Crippen molar-refractivity contribution in [1.29, 1.82) is 0 Å². The molecular formula is C10H14N2O.